The molecule has 132 valence electrons. The summed E-state index contributed by atoms with van der Waals surface area (Å²) in [4.78, 5) is 27.4. The smallest absolute Gasteiger partial charge is 0.372 e. The van der Waals surface area contributed by atoms with Crippen molar-refractivity contribution in [3.63, 3.8) is 0 Å². The number of carboxylic acids is 1. The summed E-state index contributed by atoms with van der Waals surface area (Å²) in [5.74, 6) is -2.20. The van der Waals surface area contributed by atoms with Crippen molar-refractivity contribution < 1.29 is 19.8 Å². The summed E-state index contributed by atoms with van der Waals surface area (Å²) in [6.45, 7) is 1.22. The van der Waals surface area contributed by atoms with E-state index < -0.39 is 11.8 Å². The molecule has 2 N–H and O–H groups in total. The van der Waals surface area contributed by atoms with E-state index >= 15 is 0 Å². The van der Waals surface area contributed by atoms with Crippen LogP contribution in [0, 0.1) is 0 Å². The first-order valence-electron chi connectivity index (χ1n) is 8.11. The predicted octanol–water partition coefficient (Wildman–Crippen LogP) is 2.44. The molecule has 0 bridgehead atoms. The van der Waals surface area contributed by atoms with E-state index in [1.807, 2.05) is 18.5 Å². The molecule has 1 saturated heterocycles. The lowest BCUT2D eigenvalue weighted by Crippen LogP contribution is -2.17. The molecule has 0 saturated carbocycles. The number of hydrogen-bond acceptors (Lipinski definition) is 5. The number of rotatable bonds is 4. The first-order chi connectivity index (χ1) is 12.0. The van der Waals surface area contributed by atoms with Gasteiger partial charge < -0.3 is 10.2 Å². The SMILES string of the molecule is CN1CCC[C@H]1c1cccnc1.O=C(O)C(=O)Cc1ccc(O)cc1. The number of aromatic hydroxyl groups is 1. The summed E-state index contributed by atoms with van der Waals surface area (Å²) in [5.41, 5.74) is 1.93. The van der Waals surface area contributed by atoms with Gasteiger partial charge >= 0.3 is 5.97 Å². The van der Waals surface area contributed by atoms with Crippen LogP contribution in [0.2, 0.25) is 0 Å². The van der Waals surface area contributed by atoms with Gasteiger partial charge in [0.2, 0.25) is 5.78 Å². The Hall–Kier alpha value is -2.73. The Morgan fingerprint density at radius 2 is 1.96 bits per heavy atom. The number of carboxylic acid groups (broad SMARTS) is 1. The Balaban J connectivity index is 0.000000181. The highest BCUT2D eigenvalue weighted by Crippen LogP contribution is 2.29. The van der Waals surface area contributed by atoms with Crippen molar-refractivity contribution in [2.24, 2.45) is 0 Å². The summed E-state index contributed by atoms with van der Waals surface area (Å²) in [5, 5.41) is 17.2. The first-order valence-corrected chi connectivity index (χ1v) is 8.11. The number of carbonyl (C=O) groups excluding carboxylic acids is 1. The minimum atomic E-state index is -1.44. The third kappa shape index (κ3) is 5.69. The second kappa shape index (κ2) is 8.94. The number of aromatic nitrogens is 1. The Morgan fingerprint density at radius 3 is 2.48 bits per heavy atom. The number of benzene rings is 1. The van der Waals surface area contributed by atoms with Crippen molar-refractivity contribution in [2.75, 3.05) is 13.6 Å². The van der Waals surface area contributed by atoms with Crippen LogP contribution >= 0.6 is 0 Å². The number of phenols is 1. The minimum Gasteiger partial charge on any atom is -0.508 e. The molecule has 2 heterocycles. The van der Waals surface area contributed by atoms with E-state index in [4.69, 9.17) is 10.2 Å². The number of ketones is 1. The molecule has 0 unspecified atom stereocenters. The second-order valence-corrected chi connectivity index (χ2v) is 6.00. The molecule has 1 aliphatic heterocycles. The number of pyridine rings is 1. The fourth-order valence-corrected chi connectivity index (χ4v) is 2.78. The van der Waals surface area contributed by atoms with Crippen LogP contribution < -0.4 is 0 Å². The monoisotopic (exact) mass is 342 g/mol. The Bertz CT molecular complexity index is 701. The lowest BCUT2D eigenvalue weighted by molar-refractivity contribution is -0.148. The van der Waals surface area contributed by atoms with E-state index in [2.05, 4.69) is 23.0 Å². The van der Waals surface area contributed by atoms with E-state index in [0.29, 0.717) is 11.6 Å². The van der Waals surface area contributed by atoms with Crippen LogP contribution in [0.1, 0.15) is 30.0 Å². The highest BCUT2D eigenvalue weighted by atomic mass is 16.4. The van der Waals surface area contributed by atoms with Gasteiger partial charge in [0.05, 0.1) is 0 Å². The molecule has 3 rings (SSSR count). The standard InChI is InChI=1S/C10H14N2.C9H8O4/c1-12-7-3-5-10(12)9-4-2-6-11-8-9;10-7-3-1-6(2-4-7)5-8(11)9(12)13/h2,4,6,8,10H,3,5,7H2,1H3;1-4,10H,5H2,(H,12,13)/t10-;/m0./s1. The molecule has 0 amide bonds. The van der Waals surface area contributed by atoms with Gasteiger partial charge in [0.1, 0.15) is 5.75 Å². The lowest BCUT2D eigenvalue weighted by Gasteiger charge is -2.18. The van der Waals surface area contributed by atoms with Crippen LogP contribution in [0.15, 0.2) is 48.8 Å². The maximum absolute atomic E-state index is 10.7. The Kier molecular flexibility index (Phi) is 6.65. The van der Waals surface area contributed by atoms with Gasteiger partial charge in [-0.3, -0.25) is 14.7 Å². The second-order valence-electron chi connectivity index (χ2n) is 6.00. The fraction of sp³-hybridized carbons (Fsp3) is 0.316. The van der Waals surface area contributed by atoms with Crippen molar-refractivity contribution in [3.05, 3.63) is 59.9 Å². The molecule has 1 aliphatic rings. The fourth-order valence-electron chi connectivity index (χ4n) is 2.78. The van der Waals surface area contributed by atoms with Gasteiger partial charge in [-0.1, -0.05) is 18.2 Å². The number of Topliss-reactive ketones (excluding diaryl/α,β-unsaturated/α-hetero) is 1. The molecule has 1 atom stereocenters. The van der Waals surface area contributed by atoms with E-state index in [9.17, 15) is 9.59 Å². The third-order valence-corrected chi connectivity index (χ3v) is 4.13. The molecule has 1 aromatic heterocycles. The Labute approximate surface area is 146 Å². The van der Waals surface area contributed by atoms with Gasteiger partial charge in [-0.05, 0) is 55.8 Å². The van der Waals surface area contributed by atoms with Crippen LogP contribution in [-0.2, 0) is 16.0 Å². The quantitative estimate of drug-likeness (QED) is 0.830. The summed E-state index contributed by atoms with van der Waals surface area (Å²) < 4.78 is 0. The summed E-state index contributed by atoms with van der Waals surface area (Å²) in [6.07, 6.45) is 6.26. The molecule has 1 aromatic carbocycles. The van der Waals surface area contributed by atoms with Crippen molar-refractivity contribution in [1.82, 2.24) is 9.88 Å². The number of likely N-dealkylation sites (tertiary alicyclic amines) is 1. The van der Waals surface area contributed by atoms with Crippen molar-refractivity contribution in [3.8, 4) is 5.75 Å². The van der Waals surface area contributed by atoms with Gasteiger partial charge in [-0.25, -0.2) is 4.79 Å². The van der Waals surface area contributed by atoms with Crippen molar-refractivity contribution in [2.45, 2.75) is 25.3 Å². The first kappa shape index (κ1) is 18.6. The van der Waals surface area contributed by atoms with Gasteiger partial charge in [-0.15, -0.1) is 0 Å². The van der Waals surface area contributed by atoms with Gasteiger partial charge in [0.15, 0.2) is 0 Å². The van der Waals surface area contributed by atoms with Crippen molar-refractivity contribution in [1.29, 1.82) is 0 Å². The number of hydrogen-bond donors (Lipinski definition) is 2. The zero-order valence-electron chi connectivity index (χ0n) is 14.1. The average molecular weight is 342 g/mol. The highest BCUT2D eigenvalue weighted by Gasteiger charge is 2.21. The number of aliphatic carboxylic acids is 1. The number of nitrogens with zero attached hydrogens (tertiary/aromatic N) is 2. The highest BCUT2D eigenvalue weighted by molar-refractivity contribution is 6.33. The summed E-state index contributed by atoms with van der Waals surface area (Å²) in [7, 11) is 2.19. The van der Waals surface area contributed by atoms with Crippen LogP contribution in [-0.4, -0.2) is 45.4 Å². The average Bonchev–Trinajstić information content (AvgIpc) is 3.04. The molecule has 0 radical (unpaired) electrons. The third-order valence-electron chi connectivity index (χ3n) is 4.13. The summed E-state index contributed by atoms with van der Waals surface area (Å²) >= 11 is 0. The Morgan fingerprint density at radius 1 is 1.24 bits per heavy atom. The minimum absolute atomic E-state index is 0.0894. The molecular weight excluding hydrogens is 320 g/mol. The van der Waals surface area contributed by atoms with Crippen LogP contribution in [0.4, 0.5) is 0 Å². The molecule has 2 aromatic rings. The van der Waals surface area contributed by atoms with Gasteiger partial charge in [-0.2, -0.15) is 0 Å². The number of phenolic OH excluding ortho intramolecular Hbond substituents is 1. The predicted molar refractivity (Wildman–Crippen MR) is 93.3 cm³/mol. The molecule has 0 spiro atoms. The van der Waals surface area contributed by atoms with Gasteiger partial charge in [0, 0.05) is 24.9 Å². The maximum Gasteiger partial charge on any atom is 0.372 e. The molecule has 1 fully saturated rings. The molecule has 6 heteroatoms. The largest absolute Gasteiger partial charge is 0.508 e. The van der Waals surface area contributed by atoms with E-state index in [1.165, 1.54) is 49.2 Å². The van der Waals surface area contributed by atoms with E-state index in [0.717, 1.165) is 0 Å². The molecular formula is C19H22N2O4. The van der Waals surface area contributed by atoms with Crippen LogP contribution in [0.3, 0.4) is 0 Å². The normalized spacial score (nSPS) is 16.8. The summed E-state index contributed by atoms with van der Waals surface area (Å²) in [6, 6.07) is 10.6. The van der Waals surface area contributed by atoms with Gasteiger partial charge in [0.25, 0.3) is 0 Å². The maximum atomic E-state index is 10.7. The molecule has 25 heavy (non-hydrogen) atoms. The van der Waals surface area contributed by atoms with Crippen LogP contribution in [0.5, 0.6) is 5.75 Å². The lowest BCUT2D eigenvalue weighted by atomic mass is 10.1. The van der Waals surface area contributed by atoms with Crippen LogP contribution in [0.25, 0.3) is 0 Å². The number of carbonyl (C=O) groups is 2. The van der Waals surface area contributed by atoms with E-state index in [-0.39, 0.29) is 12.2 Å². The molecule has 6 nitrogen and oxygen atoms in total. The van der Waals surface area contributed by atoms with E-state index in [1.54, 1.807) is 0 Å². The zero-order chi connectivity index (χ0) is 18.2. The zero-order valence-corrected chi connectivity index (χ0v) is 14.1. The van der Waals surface area contributed by atoms with Crippen molar-refractivity contribution >= 4 is 11.8 Å². The topological polar surface area (TPSA) is 90.7 Å². The molecule has 0 aliphatic carbocycles.